The van der Waals surface area contributed by atoms with Crippen molar-refractivity contribution in [2.24, 2.45) is 0 Å². The monoisotopic (exact) mass is 340 g/mol. The molecular formula is C14H8BrF3N2. The van der Waals surface area contributed by atoms with Gasteiger partial charge in [0.15, 0.2) is 0 Å². The highest BCUT2D eigenvalue weighted by molar-refractivity contribution is 9.10. The topological polar surface area (TPSA) is 17.3 Å². The molecule has 0 fully saturated rings. The number of benzene rings is 1. The highest BCUT2D eigenvalue weighted by Crippen LogP contribution is 2.34. The number of imidazole rings is 1. The molecule has 0 amide bonds. The first-order chi connectivity index (χ1) is 9.47. The van der Waals surface area contributed by atoms with Gasteiger partial charge in [0.2, 0.25) is 0 Å². The zero-order valence-electron chi connectivity index (χ0n) is 10.0. The highest BCUT2D eigenvalue weighted by Gasteiger charge is 2.33. The fraction of sp³-hybridized carbons (Fsp3) is 0.0714. The van der Waals surface area contributed by atoms with Gasteiger partial charge in [0.25, 0.3) is 0 Å². The molecule has 3 rings (SSSR count). The van der Waals surface area contributed by atoms with Crippen LogP contribution in [0.3, 0.4) is 0 Å². The van der Waals surface area contributed by atoms with E-state index in [1.165, 1.54) is 10.5 Å². The van der Waals surface area contributed by atoms with Crippen LogP contribution in [0.4, 0.5) is 13.2 Å². The van der Waals surface area contributed by atoms with Crippen molar-refractivity contribution in [3.63, 3.8) is 0 Å². The van der Waals surface area contributed by atoms with E-state index in [-0.39, 0.29) is 5.65 Å². The van der Waals surface area contributed by atoms with E-state index >= 15 is 0 Å². The first-order valence-electron chi connectivity index (χ1n) is 5.76. The van der Waals surface area contributed by atoms with E-state index in [0.29, 0.717) is 5.69 Å². The van der Waals surface area contributed by atoms with Crippen LogP contribution in [0.25, 0.3) is 16.9 Å². The maximum absolute atomic E-state index is 12.9. The van der Waals surface area contributed by atoms with Crippen LogP contribution in [0.1, 0.15) is 5.56 Å². The predicted octanol–water partition coefficient (Wildman–Crippen LogP) is 4.78. The lowest BCUT2D eigenvalue weighted by molar-refractivity contribution is -0.136. The average molecular weight is 341 g/mol. The molecule has 2 aromatic heterocycles. The van der Waals surface area contributed by atoms with Crippen LogP contribution in [0.5, 0.6) is 0 Å². The Morgan fingerprint density at radius 3 is 2.50 bits per heavy atom. The molecule has 2 heterocycles. The highest BCUT2D eigenvalue weighted by atomic mass is 79.9. The number of pyridine rings is 1. The van der Waals surface area contributed by atoms with Crippen LogP contribution in [0.2, 0.25) is 0 Å². The molecular weight excluding hydrogens is 333 g/mol. The molecule has 0 unspecified atom stereocenters. The second-order valence-electron chi connectivity index (χ2n) is 4.26. The molecule has 3 aromatic rings. The van der Waals surface area contributed by atoms with Gasteiger partial charge in [0, 0.05) is 22.4 Å². The third-order valence-corrected chi connectivity index (χ3v) is 3.63. The molecule has 102 valence electrons. The Hall–Kier alpha value is -1.82. The molecule has 0 radical (unpaired) electrons. The lowest BCUT2D eigenvalue weighted by Crippen LogP contribution is -2.07. The lowest BCUT2D eigenvalue weighted by atomic mass is 10.2. The summed E-state index contributed by atoms with van der Waals surface area (Å²) in [6, 6.07) is 9.68. The molecule has 20 heavy (non-hydrogen) atoms. The first kappa shape index (κ1) is 13.2. The SMILES string of the molecule is FC(F)(F)c1cccn2cc(-c3ccccc3Br)nc12. The van der Waals surface area contributed by atoms with Crippen LogP contribution >= 0.6 is 15.9 Å². The second-order valence-corrected chi connectivity index (χ2v) is 5.11. The molecule has 6 heteroatoms. The standard InChI is InChI=1S/C14H8BrF3N2/c15-11-6-2-1-4-9(11)12-8-20-7-3-5-10(13(20)19-12)14(16,17)18/h1-8H. The summed E-state index contributed by atoms with van der Waals surface area (Å²) in [4.78, 5) is 4.12. The molecule has 0 aliphatic carbocycles. The van der Waals surface area contributed by atoms with Crippen molar-refractivity contribution < 1.29 is 13.2 Å². The Labute approximate surface area is 121 Å². The summed E-state index contributed by atoms with van der Waals surface area (Å²) >= 11 is 3.38. The summed E-state index contributed by atoms with van der Waals surface area (Å²) in [5, 5.41) is 0. The summed E-state index contributed by atoms with van der Waals surface area (Å²) in [7, 11) is 0. The van der Waals surface area contributed by atoms with Gasteiger partial charge in [-0.05, 0) is 18.2 Å². The van der Waals surface area contributed by atoms with Crippen LogP contribution in [-0.4, -0.2) is 9.38 Å². The zero-order valence-corrected chi connectivity index (χ0v) is 11.6. The zero-order chi connectivity index (χ0) is 14.3. The van der Waals surface area contributed by atoms with Gasteiger partial charge in [0.1, 0.15) is 5.65 Å². The predicted molar refractivity (Wildman–Crippen MR) is 73.3 cm³/mol. The number of nitrogens with zero attached hydrogens (tertiary/aromatic N) is 2. The van der Waals surface area contributed by atoms with Gasteiger partial charge >= 0.3 is 6.18 Å². The number of rotatable bonds is 1. The maximum atomic E-state index is 12.9. The average Bonchev–Trinajstić information content (AvgIpc) is 2.81. The van der Waals surface area contributed by atoms with Crippen molar-refractivity contribution in [2.75, 3.05) is 0 Å². The summed E-state index contributed by atoms with van der Waals surface area (Å²) < 4.78 is 41.0. The van der Waals surface area contributed by atoms with Gasteiger partial charge in [0.05, 0.1) is 11.3 Å². The Balaban J connectivity index is 2.24. The van der Waals surface area contributed by atoms with E-state index in [9.17, 15) is 13.2 Å². The largest absolute Gasteiger partial charge is 0.419 e. The fourth-order valence-corrected chi connectivity index (χ4v) is 2.52. The Kier molecular flexibility index (Phi) is 3.05. The number of aromatic nitrogens is 2. The van der Waals surface area contributed by atoms with Crippen molar-refractivity contribution in [3.8, 4) is 11.3 Å². The van der Waals surface area contributed by atoms with Gasteiger partial charge in [-0.15, -0.1) is 0 Å². The van der Waals surface area contributed by atoms with E-state index in [0.717, 1.165) is 16.1 Å². The van der Waals surface area contributed by atoms with E-state index in [4.69, 9.17) is 0 Å². The molecule has 1 aromatic carbocycles. The van der Waals surface area contributed by atoms with Gasteiger partial charge in [-0.1, -0.05) is 34.1 Å². The van der Waals surface area contributed by atoms with Crippen molar-refractivity contribution >= 4 is 21.6 Å². The maximum Gasteiger partial charge on any atom is 0.419 e. The first-order valence-corrected chi connectivity index (χ1v) is 6.56. The van der Waals surface area contributed by atoms with Crippen LogP contribution in [0, 0.1) is 0 Å². The number of halogens is 4. The van der Waals surface area contributed by atoms with E-state index < -0.39 is 11.7 Å². The van der Waals surface area contributed by atoms with Gasteiger partial charge in [-0.3, -0.25) is 0 Å². The van der Waals surface area contributed by atoms with Crippen LogP contribution < -0.4 is 0 Å². The lowest BCUT2D eigenvalue weighted by Gasteiger charge is -2.06. The minimum Gasteiger partial charge on any atom is -0.306 e. The van der Waals surface area contributed by atoms with Gasteiger partial charge < -0.3 is 4.40 Å². The van der Waals surface area contributed by atoms with E-state index in [1.54, 1.807) is 18.5 Å². The molecule has 0 saturated heterocycles. The number of hydrogen-bond acceptors (Lipinski definition) is 1. The quantitative estimate of drug-likeness (QED) is 0.623. The smallest absolute Gasteiger partial charge is 0.306 e. The minimum absolute atomic E-state index is 0.0919. The Morgan fingerprint density at radius 1 is 1.05 bits per heavy atom. The van der Waals surface area contributed by atoms with E-state index in [1.807, 2.05) is 18.2 Å². The second kappa shape index (κ2) is 4.63. The minimum atomic E-state index is -4.42. The van der Waals surface area contributed by atoms with Crippen molar-refractivity contribution in [3.05, 3.63) is 58.8 Å². The molecule has 0 bridgehead atoms. The third-order valence-electron chi connectivity index (χ3n) is 2.94. The van der Waals surface area contributed by atoms with Gasteiger partial charge in [-0.25, -0.2) is 4.98 Å². The molecule has 0 atom stereocenters. The molecule has 0 aliphatic heterocycles. The number of alkyl halides is 3. The number of hydrogen-bond donors (Lipinski definition) is 0. The molecule has 0 spiro atoms. The molecule has 0 aliphatic rings. The van der Waals surface area contributed by atoms with E-state index in [2.05, 4.69) is 20.9 Å². The summed E-state index contributed by atoms with van der Waals surface area (Å²) in [5.74, 6) is 0. The normalized spacial score (nSPS) is 12.0. The molecule has 0 saturated carbocycles. The van der Waals surface area contributed by atoms with Crippen LogP contribution in [-0.2, 0) is 6.18 Å². The Bertz CT molecular complexity index is 777. The number of fused-ring (bicyclic) bond motifs is 1. The third kappa shape index (κ3) is 2.20. The molecule has 2 nitrogen and oxygen atoms in total. The summed E-state index contributed by atoms with van der Waals surface area (Å²) in [5.41, 5.74) is 0.419. The van der Waals surface area contributed by atoms with Crippen molar-refractivity contribution in [2.45, 2.75) is 6.18 Å². The van der Waals surface area contributed by atoms with Crippen molar-refractivity contribution in [1.29, 1.82) is 0 Å². The summed E-state index contributed by atoms with van der Waals surface area (Å²) in [6.45, 7) is 0. The summed E-state index contributed by atoms with van der Waals surface area (Å²) in [6.07, 6.45) is -1.28. The molecule has 0 N–H and O–H groups in total. The fourth-order valence-electron chi connectivity index (χ4n) is 2.03. The van der Waals surface area contributed by atoms with Gasteiger partial charge in [-0.2, -0.15) is 13.2 Å². The van der Waals surface area contributed by atoms with Crippen molar-refractivity contribution in [1.82, 2.24) is 9.38 Å². The van der Waals surface area contributed by atoms with Crippen LogP contribution in [0.15, 0.2) is 53.3 Å². The Morgan fingerprint density at radius 2 is 1.80 bits per heavy atom.